The summed E-state index contributed by atoms with van der Waals surface area (Å²) in [5.74, 6) is 0.343. The average molecular weight is 400 g/mol. The molecule has 4 nitrogen and oxygen atoms in total. The van der Waals surface area contributed by atoms with E-state index in [0.29, 0.717) is 32.9 Å². The van der Waals surface area contributed by atoms with E-state index in [1.807, 2.05) is 4.90 Å². The highest BCUT2D eigenvalue weighted by Gasteiger charge is 2.31. The SMILES string of the molecule is Cl.O=C(COc1cc(Cl)c(Cl)cc1Cl)N1CCC2CCC(C1)N2. The molecule has 2 aliphatic heterocycles. The number of ether oxygens (including phenoxy) is 1. The molecule has 2 bridgehead atoms. The van der Waals surface area contributed by atoms with E-state index in [1.54, 1.807) is 0 Å². The lowest BCUT2D eigenvalue weighted by atomic mass is 10.1. The van der Waals surface area contributed by atoms with E-state index in [1.165, 1.54) is 18.6 Å². The summed E-state index contributed by atoms with van der Waals surface area (Å²) in [6.07, 6.45) is 3.34. The highest BCUT2D eigenvalue weighted by Crippen LogP contribution is 2.33. The van der Waals surface area contributed by atoms with Crippen LogP contribution in [0.2, 0.25) is 15.1 Å². The van der Waals surface area contributed by atoms with Crippen LogP contribution in [0.4, 0.5) is 0 Å². The van der Waals surface area contributed by atoms with E-state index in [2.05, 4.69) is 5.32 Å². The van der Waals surface area contributed by atoms with Crippen molar-refractivity contribution in [2.24, 2.45) is 0 Å². The summed E-state index contributed by atoms with van der Waals surface area (Å²) in [7, 11) is 0. The summed E-state index contributed by atoms with van der Waals surface area (Å²) < 4.78 is 5.52. The Hall–Kier alpha value is -0.390. The summed E-state index contributed by atoms with van der Waals surface area (Å²) in [5.41, 5.74) is 0. The Morgan fingerprint density at radius 3 is 2.61 bits per heavy atom. The number of rotatable bonds is 3. The van der Waals surface area contributed by atoms with Crippen LogP contribution in [0.25, 0.3) is 0 Å². The zero-order valence-corrected chi connectivity index (χ0v) is 15.4. The number of benzene rings is 1. The Labute approximate surface area is 156 Å². The minimum atomic E-state index is -0.0466. The Morgan fingerprint density at radius 1 is 1.13 bits per heavy atom. The van der Waals surface area contributed by atoms with Gasteiger partial charge in [-0.15, -0.1) is 12.4 Å². The molecule has 8 heteroatoms. The van der Waals surface area contributed by atoms with Crippen LogP contribution in [0.3, 0.4) is 0 Å². The Kier molecular flexibility index (Phi) is 6.69. The van der Waals surface area contributed by atoms with Crippen LogP contribution >= 0.6 is 47.2 Å². The maximum atomic E-state index is 12.3. The molecule has 0 radical (unpaired) electrons. The van der Waals surface area contributed by atoms with Gasteiger partial charge in [-0.05, 0) is 25.3 Å². The van der Waals surface area contributed by atoms with Gasteiger partial charge in [-0.3, -0.25) is 4.79 Å². The predicted octanol–water partition coefficient (Wildman–Crippen LogP) is 3.80. The van der Waals surface area contributed by atoms with Crippen molar-refractivity contribution in [1.29, 1.82) is 0 Å². The van der Waals surface area contributed by atoms with Gasteiger partial charge in [0.1, 0.15) is 5.75 Å². The largest absolute Gasteiger partial charge is 0.482 e. The van der Waals surface area contributed by atoms with Gasteiger partial charge >= 0.3 is 0 Å². The van der Waals surface area contributed by atoms with E-state index < -0.39 is 0 Å². The first-order valence-corrected chi connectivity index (χ1v) is 8.47. The molecule has 0 saturated carbocycles. The van der Waals surface area contributed by atoms with E-state index in [9.17, 15) is 4.79 Å². The molecule has 0 aromatic heterocycles. The van der Waals surface area contributed by atoms with E-state index in [0.717, 1.165) is 25.9 Å². The molecule has 1 N–H and O–H groups in total. The molecule has 1 amide bonds. The van der Waals surface area contributed by atoms with Crippen molar-refractivity contribution in [3.8, 4) is 5.75 Å². The molecule has 2 atom stereocenters. The third kappa shape index (κ3) is 4.58. The molecule has 3 rings (SSSR count). The number of nitrogens with zero attached hydrogens (tertiary/aromatic N) is 1. The van der Waals surface area contributed by atoms with Crippen molar-refractivity contribution in [3.05, 3.63) is 27.2 Å². The van der Waals surface area contributed by atoms with Crippen LogP contribution in [0.5, 0.6) is 5.75 Å². The molecule has 1 aromatic rings. The lowest BCUT2D eigenvalue weighted by molar-refractivity contribution is -0.133. The van der Waals surface area contributed by atoms with E-state index in [4.69, 9.17) is 39.5 Å². The Balaban J connectivity index is 0.00000192. The third-order valence-electron chi connectivity index (χ3n) is 4.20. The fourth-order valence-electron chi connectivity index (χ4n) is 3.02. The van der Waals surface area contributed by atoms with Crippen molar-refractivity contribution in [2.45, 2.75) is 31.3 Å². The normalized spacial score (nSPS) is 23.2. The number of nitrogens with one attached hydrogen (secondary N) is 1. The molecule has 2 unspecified atom stereocenters. The molecule has 0 aliphatic carbocycles. The fourth-order valence-corrected chi connectivity index (χ4v) is 3.61. The number of amides is 1. The van der Waals surface area contributed by atoms with Crippen molar-refractivity contribution in [2.75, 3.05) is 19.7 Å². The standard InChI is InChI=1S/C15H17Cl3N2O2.ClH/c16-11-5-13(18)14(6-12(11)17)22-8-15(21)20-4-3-9-1-2-10(7-20)19-9;/h5-6,9-10,19H,1-4,7-8H2;1H. The monoisotopic (exact) mass is 398 g/mol. The molecule has 2 heterocycles. The second kappa shape index (κ2) is 8.13. The second-order valence-corrected chi connectivity index (χ2v) is 6.97. The summed E-state index contributed by atoms with van der Waals surface area (Å²) in [6.45, 7) is 1.47. The Bertz CT molecular complexity index is 585. The molecule has 2 fully saturated rings. The van der Waals surface area contributed by atoms with Gasteiger partial charge in [0.05, 0.1) is 15.1 Å². The number of likely N-dealkylation sites (tertiary alicyclic amines) is 1. The molecule has 2 saturated heterocycles. The summed E-state index contributed by atoms with van der Waals surface area (Å²) >= 11 is 17.9. The van der Waals surface area contributed by atoms with Crippen molar-refractivity contribution < 1.29 is 9.53 Å². The first kappa shape index (κ1) is 18.9. The number of carbonyl (C=O) groups is 1. The number of carbonyl (C=O) groups excluding carboxylic acids is 1. The van der Waals surface area contributed by atoms with Gasteiger partial charge in [0, 0.05) is 31.2 Å². The first-order valence-electron chi connectivity index (χ1n) is 7.34. The van der Waals surface area contributed by atoms with E-state index in [-0.39, 0.29) is 24.9 Å². The van der Waals surface area contributed by atoms with Crippen LogP contribution in [0.1, 0.15) is 19.3 Å². The fraction of sp³-hybridized carbons (Fsp3) is 0.533. The van der Waals surface area contributed by atoms with Gasteiger partial charge in [-0.25, -0.2) is 0 Å². The second-order valence-electron chi connectivity index (χ2n) is 5.75. The minimum Gasteiger partial charge on any atom is -0.482 e. The maximum absolute atomic E-state index is 12.3. The van der Waals surface area contributed by atoms with Crippen LogP contribution in [-0.4, -0.2) is 42.6 Å². The van der Waals surface area contributed by atoms with Gasteiger partial charge in [-0.2, -0.15) is 0 Å². The van der Waals surface area contributed by atoms with Gasteiger partial charge in [-0.1, -0.05) is 34.8 Å². The molecule has 128 valence electrons. The van der Waals surface area contributed by atoms with Gasteiger partial charge in [0.15, 0.2) is 6.61 Å². The lowest BCUT2D eigenvalue weighted by Gasteiger charge is -2.24. The molecule has 2 aliphatic rings. The highest BCUT2D eigenvalue weighted by atomic mass is 35.5. The molecular formula is C15H18Cl4N2O2. The quantitative estimate of drug-likeness (QED) is 0.786. The summed E-state index contributed by atoms with van der Waals surface area (Å²) in [4.78, 5) is 14.2. The van der Waals surface area contributed by atoms with Crippen LogP contribution in [0, 0.1) is 0 Å². The van der Waals surface area contributed by atoms with Crippen LogP contribution in [0.15, 0.2) is 12.1 Å². The lowest BCUT2D eigenvalue weighted by Crippen LogP contribution is -2.41. The maximum Gasteiger partial charge on any atom is 0.260 e. The van der Waals surface area contributed by atoms with Crippen molar-refractivity contribution in [3.63, 3.8) is 0 Å². The van der Waals surface area contributed by atoms with Gasteiger partial charge < -0.3 is 15.0 Å². The van der Waals surface area contributed by atoms with Crippen molar-refractivity contribution >= 4 is 53.1 Å². The summed E-state index contributed by atoms with van der Waals surface area (Å²) in [6, 6.07) is 4.00. The van der Waals surface area contributed by atoms with E-state index >= 15 is 0 Å². The summed E-state index contributed by atoms with van der Waals surface area (Å²) in [5, 5.41) is 4.61. The zero-order valence-electron chi connectivity index (χ0n) is 12.4. The number of fused-ring (bicyclic) bond motifs is 2. The number of hydrogen-bond donors (Lipinski definition) is 1. The molecular weight excluding hydrogens is 382 g/mol. The van der Waals surface area contributed by atoms with Crippen LogP contribution in [-0.2, 0) is 4.79 Å². The number of hydrogen-bond acceptors (Lipinski definition) is 3. The third-order valence-corrected chi connectivity index (χ3v) is 5.22. The smallest absolute Gasteiger partial charge is 0.260 e. The van der Waals surface area contributed by atoms with Crippen molar-refractivity contribution in [1.82, 2.24) is 10.2 Å². The van der Waals surface area contributed by atoms with Gasteiger partial charge in [0.25, 0.3) is 5.91 Å². The molecule has 23 heavy (non-hydrogen) atoms. The molecule has 1 aromatic carbocycles. The Morgan fingerprint density at radius 2 is 1.83 bits per heavy atom. The average Bonchev–Trinajstić information content (AvgIpc) is 2.80. The van der Waals surface area contributed by atoms with Crippen LogP contribution < -0.4 is 10.1 Å². The minimum absolute atomic E-state index is 0. The topological polar surface area (TPSA) is 41.6 Å². The number of halogens is 4. The first-order chi connectivity index (χ1) is 10.5. The molecule has 0 spiro atoms. The predicted molar refractivity (Wildman–Crippen MR) is 95.4 cm³/mol. The zero-order chi connectivity index (χ0) is 15.7. The van der Waals surface area contributed by atoms with Gasteiger partial charge in [0.2, 0.25) is 0 Å². The highest BCUT2D eigenvalue weighted by molar-refractivity contribution is 6.43.